The number of esters is 1. The van der Waals surface area contributed by atoms with Crippen LogP contribution in [0.1, 0.15) is 49.0 Å². The second-order valence-electron chi connectivity index (χ2n) is 7.26. The Balaban J connectivity index is 1.95. The number of hydrogen-bond acceptors (Lipinski definition) is 6. The Kier molecular flexibility index (Phi) is 5.32. The molecule has 1 fully saturated rings. The molecule has 0 aliphatic carbocycles. The molecule has 0 saturated carbocycles. The van der Waals surface area contributed by atoms with E-state index in [1.807, 2.05) is 13.8 Å². The fraction of sp³-hybridized carbons (Fsp3) is 0.500. The lowest BCUT2D eigenvalue weighted by Gasteiger charge is -2.22. The summed E-state index contributed by atoms with van der Waals surface area (Å²) in [6.45, 7) is 3.92. The van der Waals surface area contributed by atoms with E-state index in [1.54, 1.807) is 6.08 Å². The number of allylic oxidation sites excluding steroid dienone is 2. The highest BCUT2D eigenvalue weighted by Crippen LogP contribution is 2.34. The first-order valence-corrected chi connectivity index (χ1v) is 8.95. The molecule has 3 rings (SSSR count). The zero-order valence-corrected chi connectivity index (χ0v) is 15.0. The Morgan fingerprint density at radius 3 is 2.65 bits per heavy atom. The lowest BCUT2D eigenvalue weighted by atomic mass is 9.97. The largest absolute Gasteiger partial charge is 0.508 e. The van der Waals surface area contributed by atoms with Crippen LogP contribution in [0.15, 0.2) is 24.3 Å². The monoisotopic (exact) mass is 360 g/mol. The van der Waals surface area contributed by atoms with Crippen LogP contribution in [0.2, 0.25) is 0 Å². The molecule has 2 N–H and O–H groups in total. The summed E-state index contributed by atoms with van der Waals surface area (Å²) in [7, 11) is 0. The summed E-state index contributed by atoms with van der Waals surface area (Å²) in [4.78, 5) is 24.9. The Morgan fingerprint density at radius 2 is 1.92 bits per heavy atom. The first kappa shape index (κ1) is 18.5. The van der Waals surface area contributed by atoms with Gasteiger partial charge in [-0.3, -0.25) is 4.79 Å². The number of aromatic hydroxyl groups is 2. The molecule has 0 amide bonds. The first-order valence-electron chi connectivity index (χ1n) is 8.95. The van der Waals surface area contributed by atoms with Gasteiger partial charge in [0.1, 0.15) is 23.2 Å². The van der Waals surface area contributed by atoms with E-state index in [0.29, 0.717) is 6.42 Å². The molecule has 26 heavy (non-hydrogen) atoms. The SMILES string of the molecule is CC(C)[C@@H]1C[C@@H]2O[C@H]2CC/C=C/C(=O)Cc2cc(O)cc(O)c2C(=O)O1. The molecule has 6 heteroatoms. The van der Waals surface area contributed by atoms with E-state index in [1.165, 1.54) is 12.1 Å². The third-order valence-electron chi connectivity index (χ3n) is 4.83. The molecule has 2 aliphatic heterocycles. The number of ether oxygens (including phenoxy) is 2. The van der Waals surface area contributed by atoms with Crippen LogP contribution in [0.5, 0.6) is 11.5 Å². The summed E-state index contributed by atoms with van der Waals surface area (Å²) in [6.07, 6.45) is 5.16. The van der Waals surface area contributed by atoms with E-state index in [4.69, 9.17) is 9.47 Å². The molecule has 1 saturated heterocycles. The number of epoxide rings is 1. The van der Waals surface area contributed by atoms with Crippen LogP contribution in [0, 0.1) is 5.92 Å². The molecule has 1 aromatic carbocycles. The zero-order chi connectivity index (χ0) is 18.8. The van der Waals surface area contributed by atoms with Crippen LogP contribution in [0.25, 0.3) is 0 Å². The van der Waals surface area contributed by atoms with E-state index in [2.05, 4.69) is 0 Å². The summed E-state index contributed by atoms with van der Waals surface area (Å²) in [5.41, 5.74) is 0.183. The Bertz CT molecular complexity index is 736. The molecule has 3 atom stereocenters. The van der Waals surface area contributed by atoms with Gasteiger partial charge in [0, 0.05) is 18.9 Å². The van der Waals surface area contributed by atoms with Gasteiger partial charge in [-0.15, -0.1) is 0 Å². The molecule has 0 spiro atoms. The normalized spacial score (nSPS) is 27.9. The van der Waals surface area contributed by atoms with Crippen LogP contribution >= 0.6 is 0 Å². The molecule has 0 radical (unpaired) electrons. The smallest absolute Gasteiger partial charge is 0.342 e. The molecule has 0 unspecified atom stereocenters. The van der Waals surface area contributed by atoms with Gasteiger partial charge in [0.25, 0.3) is 0 Å². The van der Waals surface area contributed by atoms with Crippen LogP contribution in [0.4, 0.5) is 0 Å². The molecule has 2 aliphatic rings. The second kappa shape index (κ2) is 7.50. The Hall–Kier alpha value is -2.34. The highest BCUT2D eigenvalue weighted by atomic mass is 16.6. The predicted octanol–water partition coefficient (Wildman–Crippen LogP) is 2.90. The maximum absolute atomic E-state index is 12.7. The van der Waals surface area contributed by atoms with Gasteiger partial charge in [0.05, 0.1) is 12.2 Å². The highest BCUT2D eigenvalue weighted by molar-refractivity contribution is 5.98. The Labute approximate surface area is 152 Å². The summed E-state index contributed by atoms with van der Waals surface area (Å²) >= 11 is 0. The average Bonchev–Trinajstić information content (AvgIpc) is 3.27. The number of carbonyl (C=O) groups excluding carboxylic acids is 2. The van der Waals surface area contributed by atoms with Crippen molar-refractivity contribution in [2.24, 2.45) is 5.92 Å². The van der Waals surface area contributed by atoms with Gasteiger partial charge in [-0.1, -0.05) is 19.9 Å². The van der Waals surface area contributed by atoms with E-state index in [9.17, 15) is 19.8 Å². The van der Waals surface area contributed by atoms with Gasteiger partial charge in [-0.2, -0.15) is 0 Å². The van der Waals surface area contributed by atoms with E-state index < -0.39 is 11.7 Å². The lowest BCUT2D eigenvalue weighted by molar-refractivity contribution is -0.114. The van der Waals surface area contributed by atoms with Crippen molar-refractivity contribution >= 4 is 11.8 Å². The molecule has 0 bridgehead atoms. The number of ketones is 1. The number of carbonyl (C=O) groups is 2. The van der Waals surface area contributed by atoms with Gasteiger partial charge in [-0.25, -0.2) is 4.79 Å². The van der Waals surface area contributed by atoms with Crippen molar-refractivity contribution in [1.82, 2.24) is 0 Å². The van der Waals surface area contributed by atoms with Crippen molar-refractivity contribution in [2.75, 3.05) is 0 Å². The van der Waals surface area contributed by atoms with Gasteiger partial charge in [0.2, 0.25) is 0 Å². The summed E-state index contributed by atoms with van der Waals surface area (Å²) in [5.74, 6) is -1.42. The molecule has 1 aromatic rings. The molecular weight excluding hydrogens is 336 g/mol. The first-order chi connectivity index (χ1) is 12.3. The lowest BCUT2D eigenvalue weighted by Crippen LogP contribution is -2.26. The second-order valence-corrected chi connectivity index (χ2v) is 7.26. The fourth-order valence-electron chi connectivity index (χ4n) is 3.29. The number of fused-ring (bicyclic) bond motifs is 2. The van der Waals surface area contributed by atoms with Crippen LogP contribution < -0.4 is 0 Å². The summed E-state index contributed by atoms with van der Waals surface area (Å²) < 4.78 is 11.3. The van der Waals surface area contributed by atoms with Crippen molar-refractivity contribution in [2.45, 2.75) is 57.8 Å². The number of phenols is 2. The fourth-order valence-corrected chi connectivity index (χ4v) is 3.29. The quantitative estimate of drug-likeness (QED) is 0.590. The summed E-state index contributed by atoms with van der Waals surface area (Å²) in [6, 6.07) is 2.40. The van der Waals surface area contributed by atoms with Gasteiger partial charge >= 0.3 is 5.97 Å². The van der Waals surface area contributed by atoms with E-state index in [0.717, 1.165) is 18.9 Å². The maximum atomic E-state index is 12.7. The highest BCUT2D eigenvalue weighted by Gasteiger charge is 2.41. The molecule has 0 aromatic heterocycles. The third kappa shape index (κ3) is 4.25. The van der Waals surface area contributed by atoms with Crippen molar-refractivity contribution < 1.29 is 29.3 Å². The van der Waals surface area contributed by atoms with E-state index >= 15 is 0 Å². The predicted molar refractivity (Wildman–Crippen MR) is 94.2 cm³/mol. The van der Waals surface area contributed by atoms with E-state index in [-0.39, 0.29) is 53.3 Å². The van der Waals surface area contributed by atoms with Gasteiger partial charge in [-0.05, 0) is 36.5 Å². The number of phenolic OH excluding ortho intramolecular Hbond substituents is 2. The molecule has 2 heterocycles. The topological polar surface area (TPSA) is 96.4 Å². The molecule has 6 nitrogen and oxygen atoms in total. The Morgan fingerprint density at radius 1 is 1.15 bits per heavy atom. The maximum Gasteiger partial charge on any atom is 0.342 e. The van der Waals surface area contributed by atoms with Crippen molar-refractivity contribution in [3.8, 4) is 11.5 Å². The number of benzene rings is 1. The van der Waals surface area contributed by atoms with Gasteiger partial charge < -0.3 is 19.7 Å². The average molecular weight is 360 g/mol. The van der Waals surface area contributed by atoms with Crippen molar-refractivity contribution in [3.05, 3.63) is 35.4 Å². The molecular formula is C20H24O6. The van der Waals surface area contributed by atoms with Crippen LogP contribution in [0.3, 0.4) is 0 Å². The number of cyclic esters (lactones) is 1. The minimum absolute atomic E-state index is 0.0510. The van der Waals surface area contributed by atoms with Crippen molar-refractivity contribution in [1.29, 1.82) is 0 Å². The minimum Gasteiger partial charge on any atom is -0.508 e. The number of hydrogen-bond donors (Lipinski definition) is 2. The summed E-state index contributed by atoms with van der Waals surface area (Å²) in [5, 5.41) is 19.9. The minimum atomic E-state index is -0.692. The zero-order valence-electron chi connectivity index (χ0n) is 15.0. The van der Waals surface area contributed by atoms with Crippen LogP contribution in [-0.2, 0) is 20.7 Å². The molecule has 140 valence electrons. The third-order valence-corrected chi connectivity index (χ3v) is 4.83. The van der Waals surface area contributed by atoms with Crippen LogP contribution in [-0.4, -0.2) is 40.3 Å². The number of rotatable bonds is 1. The van der Waals surface area contributed by atoms with Crippen molar-refractivity contribution in [3.63, 3.8) is 0 Å². The standard InChI is InChI=1S/C20H24O6/c1-11(2)17-10-18-16(25-18)6-4-3-5-13(21)7-12-8-14(22)9-15(23)19(12)20(24)26-17/h3,5,8-9,11,16-18,22-23H,4,6-7,10H2,1-2H3/b5-3+/t16-,17-,18-/m0/s1. The van der Waals surface area contributed by atoms with Gasteiger partial charge in [0.15, 0.2) is 5.78 Å².